The van der Waals surface area contributed by atoms with Crippen molar-refractivity contribution in [1.29, 1.82) is 0 Å². The number of nitrogens with zero attached hydrogens (tertiary/aromatic N) is 1. The van der Waals surface area contributed by atoms with Crippen molar-refractivity contribution in [2.45, 2.75) is 37.0 Å². The van der Waals surface area contributed by atoms with Crippen molar-refractivity contribution in [2.24, 2.45) is 0 Å². The second-order valence-electron chi connectivity index (χ2n) is 5.63. The molecule has 3 unspecified atom stereocenters. The Labute approximate surface area is 108 Å². The number of hydrogen-bond acceptors (Lipinski definition) is 3. The molecule has 2 aliphatic heterocycles. The molecule has 1 spiro atoms. The van der Waals surface area contributed by atoms with E-state index in [1.165, 1.54) is 5.56 Å². The topological polar surface area (TPSA) is 32.7 Å². The van der Waals surface area contributed by atoms with Crippen LogP contribution in [0.25, 0.3) is 0 Å². The van der Waals surface area contributed by atoms with Gasteiger partial charge in [-0.3, -0.25) is 4.90 Å². The standard InChI is InChI=1S/C15H21NO2/c1-16-9-5-8-15(10-13(17)11-18-15)14(16)12-6-3-2-4-7-12/h2-4,6-7,13-14,17H,5,8-11H2,1H3. The van der Waals surface area contributed by atoms with Crippen LogP contribution in [0, 0.1) is 0 Å². The van der Waals surface area contributed by atoms with Crippen LogP contribution in [-0.4, -0.2) is 41.9 Å². The number of likely N-dealkylation sites (tertiary alicyclic amines) is 1. The Bertz CT molecular complexity index is 404. The molecule has 2 fully saturated rings. The maximum absolute atomic E-state index is 9.85. The highest BCUT2D eigenvalue weighted by atomic mass is 16.5. The number of hydrogen-bond donors (Lipinski definition) is 1. The highest BCUT2D eigenvalue weighted by molar-refractivity contribution is 5.24. The van der Waals surface area contributed by atoms with E-state index in [0.717, 1.165) is 25.8 Å². The van der Waals surface area contributed by atoms with Crippen LogP contribution in [0.4, 0.5) is 0 Å². The predicted molar refractivity (Wildman–Crippen MR) is 70.4 cm³/mol. The second kappa shape index (κ2) is 4.65. The van der Waals surface area contributed by atoms with Crippen LogP contribution in [0.15, 0.2) is 30.3 Å². The van der Waals surface area contributed by atoms with Crippen LogP contribution in [0.5, 0.6) is 0 Å². The molecule has 0 aromatic heterocycles. The second-order valence-corrected chi connectivity index (χ2v) is 5.63. The number of piperidine rings is 1. The summed E-state index contributed by atoms with van der Waals surface area (Å²) in [7, 11) is 2.16. The van der Waals surface area contributed by atoms with E-state index in [0.29, 0.717) is 6.61 Å². The summed E-state index contributed by atoms with van der Waals surface area (Å²) in [6.45, 7) is 1.58. The molecule has 3 rings (SSSR count). The molecule has 0 aliphatic carbocycles. The molecule has 1 aromatic carbocycles. The van der Waals surface area contributed by atoms with Gasteiger partial charge in [-0.1, -0.05) is 30.3 Å². The maximum Gasteiger partial charge on any atom is 0.0905 e. The van der Waals surface area contributed by atoms with Crippen LogP contribution in [-0.2, 0) is 4.74 Å². The first-order valence-electron chi connectivity index (χ1n) is 6.78. The van der Waals surface area contributed by atoms with Crippen molar-refractivity contribution in [2.75, 3.05) is 20.2 Å². The fraction of sp³-hybridized carbons (Fsp3) is 0.600. The summed E-state index contributed by atoms with van der Waals surface area (Å²) in [6, 6.07) is 10.8. The van der Waals surface area contributed by atoms with Gasteiger partial charge in [0.2, 0.25) is 0 Å². The minimum absolute atomic E-state index is 0.187. The molecule has 18 heavy (non-hydrogen) atoms. The van der Waals surface area contributed by atoms with Crippen LogP contribution in [0.3, 0.4) is 0 Å². The van der Waals surface area contributed by atoms with Crippen molar-refractivity contribution < 1.29 is 9.84 Å². The van der Waals surface area contributed by atoms with Crippen LogP contribution in [0.2, 0.25) is 0 Å². The van der Waals surface area contributed by atoms with Gasteiger partial charge < -0.3 is 9.84 Å². The van der Waals surface area contributed by atoms with E-state index in [1.54, 1.807) is 0 Å². The first kappa shape index (κ1) is 12.2. The third-order valence-corrected chi connectivity index (χ3v) is 4.31. The Balaban J connectivity index is 1.96. The number of aliphatic hydroxyl groups is 1. The smallest absolute Gasteiger partial charge is 0.0905 e. The van der Waals surface area contributed by atoms with Crippen molar-refractivity contribution in [3.05, 3.63) is 35.9 Å². The molecule has 3 atom stereocenters. The summed E-state index contributed by atoms with van der Waals surface area (Å²) in [6.07, 6.45) is 2.65. The van der Waals surface area contributed by atoms with Crippen LogP contribution < -0.4 is 0 Å². The molecule has 1 N–H and O–H groups in total. The van der Waals surface area contributed by atoms with E-state index in [9.17, 15) is 5.11 Å². The van der Waals surface area contributed by atoms with E-state index in [1.807, 2.05) is 6.07 Å². The number of likely N-dealkylation sites (N-methyl/N-ethyl adjacent to an activating group) is 1. The summed E-state index contributed by atoms with van der Waals surface area (Å²) in [5.41, 5.74) is 1.11. The highest BCUT2D eigenvalue weighted by Crippen LogP contribution is 2.46. The molecule has 2 saturated heterocycles. The fourth-order valence-corrected chi connectivity index (χ4v) is 3.63. The lowest BCUT2D eigenvalue weighted by atomic mass is 9.78. The molecule has 2 heterocycles. The Hall–Kier alpha value is -0.900. The van der Waals surface area contributed by atoms with Gasteiger partial charge in [0.05, 0.1) is 24.4 Å². The number of aliphatic hydroxyl groups excluding tert-OH is 1. The highest BCUT2D eigenvalue weighted by Gasteiger charge is 2.49. The lowest BCUT2D eigenvalue weighted by Crippen LogP contribution is -2.49. The largest absolute Gasteiger partial charge is 0.391 e. The van der Waals surface area contributed by atoms with Crippen LogP contribution >= 0.6 is 0 Å². The summed E-state index contributed by atoms with van der Waals surface area (Å²) in [4.78, 5) is 2.37. The normalized spacial score (nSPS) is 37.2. The van der Waals surface area contributed by atoms with E-state index in [-0.39, 0.29) is 17.7 Å². The van der Waals surface area contributed by atoms with Crippen molar-refractivity contribution >= 4 is 0 Å². The quantitative estimate of drug-likeness (QED) is 0.823. The van der Waals surface area contributed by atoms with Gasteiger partial charge >= 0.3 is 0 Å². The molecule has 0 amide bonds. The minimum Gasteiger partial charge on any atom is -0.391 e. The fourth-order valence-electron chi connectivity index (χ4n) is 3.63. The molecule has 2 aliphatic rings. The van der Waals surface area contributed by atoms with E-state index in [2.05, 4.69) is 36.2 Å². The summed E-state index contributed by atoms with van der Waals surface area (Å²) >= 11 is 0. The zero-order chi connectivity index (χ0) is 12.6. The Kier molecular flexibility index (Phi) is 3.14. The summed E-state index contributed by atoms with van der Waals surface area (Å²) in [5.74, 6) is 0. The first-order valence-corrected chi connectivity index (χ1v) is 6.78. The predicted octanol–water partition coefficient (Wildman–Crippen LogP) is 1.97. The SMILES string of the molecule is CN1CCCC2(CC(O)CO2)C1c1ccccc1. The Morgan fingerprint density at radius 2 is 2.11 bits per heavy atom. The molecule has 3 heteroatoms. The van der Waals surface area contributed by atoms with Gasteiger partial charge in [-0.25, -0.2) is 0 Å². The minimum atomic E-state index is -0.303. The molecule has 98 valence electrons. The Morgan fingerprint density at radius 1 is 1.33 bits per heavy atom. The summed E-state index contributed by atoms with van der Waals surface area (Å²) in [5, 5.41) is 9.85. The number of ether oxygens (including phenoxy) is 1. The zero-order valence-corrected chi connectivity index (χ0v) is 10.9. The average molecular weight is 247 g/mol. The number of benzene rings is 1. The maximum atomic E-state index is 9.85. The van der Waals surface area contributed by atoms with E-state index >= 15 is 0 Å². The van der Waals surface area contributed by atoms with Crippen molar-refractivity contribution in [3.8, 4) is 0 Å². The molecular formula is C15H21NO2. The zero-order valence-electron chi connectivity index (χ0n) is 10.9. The van der Waals surface area contributed by atoms with Gasteiger partial charge in [0.25, 0.3) is 0 Å². The van der Waals surface area contributed by atoms with Gasteiger partial charge in [-0.05, 0) is 32.0 Å². The van der Waals surface area contributed by atoms with Crippen LogP contribution in [0.1, 0.15) is 30.9 Å². The summed E-state index contributed by atoms with van der Waals surface area (Å²) < 4.78 is 6.04. The third kappa shape index (κ3) is 1.96. The van der Waals surface area contributed by atoms with Gasteiger partial charge in [0.1, 0.15) is 0 Å². The van der Waals surface area contributed by atoms with Crippen molar-refractivity contribution in [1.82, 2.24) is 4.90 Å². The van der Waals surface area contributed by atoms with E-state index < -0.39 is 0 Å². The number of rotatable bonds is 1. The van der Waals surface area contributed by atoms with Gasteiger partial charge in [-0.15, -0.1) is 0 Å². The molecule has 0 bridgehead atoms. The van der Waals surface area contributed by atoms with Gasteiger partial charge in [0.15, 0.2) is 0 Å². The lowest BCUT2D eigenvalue weighted by Gasteiger charge is -2.46. The van der Waals surface area contributed by atoms with Gasteiger partial charge in [0, 0.05) is 6.42 Å². The monoisotopic (exact) mass is 247 g/mol. The molecular weight excluding hydrogens is 226 g/mol. The third-order valence-electron chi connectivity index (χ3n) is 4.31. The lowest BCUT2D eigenvalue weighted by molar-refractivity contribution is -0.0904. The molecule has 3 nitrogen and oxygen atoms in total. The molecule has 0 saturated carbocycles. The Morgan fingerprint density at radius 3 is 2.78 bits per heavy atom. The first-order chi connectivity index (χ1) is 8.71. The van der Waals surface area contributed by atoms with E-state index in [4.69, 9.17) is 4.74 Å². The molecule has 0 radical (unpaired) electrons. The molecule has 1 aromatic rings. The average Bonchev–Trinajstić information content (AvgIpc) is 2.72. The van der Waals surface area contributed by atoms with Crippen molar-refractivity contribution in [3.63, 3.8) is 0 Å². The van der Waals surface area contributed by atoms with Gasteiger partial charge in [-0.2, -0.15) is 0 Å².